The highest BCUT2D eigenvalue weighted by Gasteiger charge is 2.36. The second kappa shape index (κ2) is 6.84. The van der Waals surface area contributed by atoms with Gasteiger partial charge in [0.1, 0.15) is 5.82 Å². The van der Waals surface area contributed by atoms with Crippen LogP contribution in [0.4, 0.5) is 10.6 Å². The molecule has 3 rings (SSSR count). The number of rotatable bonds is 4. The van der Waals surface area contributed by atoms with Crippen molar-refractivity contribution in [2.24, 2.45) is 0 Å². The van der Waals surface area contributed by atoms with Gasteiger partial charge in [-0.1, -0.05) is 6.07 Å². The van der Waals surface area contributed by atoms with Crippen molar-refractivity contribution in [3.63, 3.8) is 0 Å². The Hall–Kier alpha value is -1.67. The molecule has 2 fully saturated rings. The molecule has 1 aromatic heterocycles. The van der Waals surface area contributed by atoms with E-state index in [0.717, 1.165) is 12.8 Å². The van der Waals surface area contributed by atoms with Gasteiger partial charge in [0.05, 0.1) is 17.6 Å². The molecule has 0 aliphatic carbocycles. The minimum atomic E-state index is -3.06. The van der Waals surface area contributed by atoms with Gasteiger partial charge in [0, 0.05) is 25.4 Å². The van der Waals surface area contributed by atoms with Gasteiger partial charge in [-0.2, -0.15) is 0 Å². The average Bonchev–Trinajstić information content (AvgIpc) is 3.15. The van der Waals surface area contributed by atoms with E-state index in [-0.39, 0.29) is 29.7 Å². The first-order chi connectivity index (χ1) is 11.0. The molecule has 126 valence electrons. The van der Waals surface area contributed by atoms with Gasteiger partial charge >= 0.3 is 6.03 Å². The number of sulfone groups is 1. The van der Waals surface area contributed by atoms with Gasteiger partial charge in [0.2, 0.25) is 0 Å². The molecule has 0 aromatic carbocycles. The molecule has 2 atom stereocenters. The molecular formula is C15H21N3O4S. The third-order valence-corrected chi connectivity index (χ3v) is 5.98. The standard InChI is InChI=1S/C15H21N3O4S/c19-15(17-14-5-1-2-7-16-14)18(10-13-4-3-8-22-13)12-6-9-23(20,21)11-12/h1-2,5,7,12-13H,3-4,6,8-11H2,(H,16,17,19)/t12-,13-/m1/s1. The Kier molecular flexibility index (Phi) is 4.82. The molecule has 23 heavy (non-hydrogen) atoms. The van der Waals surface area contributed by atoms with Crippen molar-refractivity contribution in [3.8, 4) is 0 Å². The fourth-order valence-corrected chi connectivity index (χ4v) is 4.78. The van der Waals surface area contributed by atoms with Crippen LogP contribution in [0.2, 0.25) is 0 Å². The lowest BCUT2D eigenvalue weighted by atomic mass is 10.2. The molecule has 0 spiro atoms. The van der Waals surface area contributed by atoms with Crippen LogP contribution in [0.3, 0.4) is 0 Å². The molecule has 1 aromatic rings. The minimum Gasteiger partial charge on any atom is -0.376 e. The summed E-state index contributed by atoms with van der Waals surface area (Å²) in [6, 6.07) is 4.64. The quantitative estimate of drug-likeness (QED) is 0.893. The van der Waals surface area contributed by atoms with Crippen LogP contribution in [0, 0.1) is 0 Å². The molecular weight excluding hydrogens is 318 g/mol. The van der Waals surface area contributed by atoms with Crippen LogP contribution >= 0.6 is 0 Å². The molecule has 1 N–H and O–H groups in total. The molecule has 3 heterocycles. The van der Waals surface area contributed by atoms with Gasteiger partial charge in [-0.25, -0.2) is 18.2 Å². The Bertz CT molecular complexity index is 644. The molecule has 2 aliphatic rings. The number of hydrogen-bond donors (Lipinski definition) is 1. The summed E-state index contributed by atoms with van der Waals surface area (Å²) in [7, 11) is -3.06. The number of anilines is 1. The van der Waals surface area contributed by atoms with Crippen molar-refractivity contribution in [1.82, 2.24) is 9.88 Å². The zero-order valence-electron chi connectivity index (χ0n) is 12.8. The van der Waals surface area contributed by atoms with E-state index in [0.29, 0.717) is 25.4 Å². The summed E-state index contributed by atoms with van der Waals surface area (Å²) in [4.78, 5) is 18.3. The Morgan fingerprint density at radius 2 is 2.26 bits per heavy atom. The zero-order valence-corrected chi connectivity index (χ0v) is 13.7. The number of carbonyl (C=O) groups is 1. The van der Waals surface area contributed by atoms with Gasteiger partial charge in [-0.3, -0.25) is 5.32 Å². The van der Waals surface area contributed by atoms with Gasteiger partial charge in [-0.15, -0.1) is 0 Å². The van der Waals surface area contributed by atoms with E-state index in [1.165, 1.54) is 0 Å². The predicted molar refractivity (Wildman–Crippen MR) is 86.0 cm³/mol. The lowest BCUT2D eigenvalue weighted by molar-refractivity contribution is 0.0750. The first kappa shape index (κ1) is 16.2. The number of aromatic nitrogens is 1. The van der Waals surface area contributed by atoms with Crippen LogP contribution < -0.4 is 5.32 Å². The molecule has 2 amide bonds. The fraction of sp³-hybridized carbons (Fsp3) is 0.600. The molecule has 8 heteroatoms. The highest BCUT2D eigenvalue weighted by atomic mass is 32.2. The van der Waals surface area contributed by atoms with E-state index in [1.807, 2.05) is 0 Å². The smallest absolute Gasteiger partial charge is 0.323 e. The second-order valence-electron chi connectivity index (χ2n) is 5.99. The molecule has 0 saturated carbocycles. The average molecular weight is 339 g/mol. The number of nitrogens with zero attached hydrogens (tertiary/aromatic N) is 2. The maximum atomic E-state index is 12.6. The van der Waals surface area contributed by atoms with E-state index < -0.39 is 9.84 Å². The summed E-state index contributed by atoms with van der Waals surface area (Å²) in [5.41, 5.74) is 0. The Labute approximate surface area is 135 Å². The topological polar surface area (TPSA) is 88.6 Å². The predicted octanol–water partition coefficient (Wildman–Crippen LogP) is 1.28. The van der Waals surface area contributed by atoms with Crippen LogP contribution in [-0.2, 0) is 14.6 Å². The third kappa shape index (κ3) is 4.20. The maximum absolute atomic E-state index is 12.6. The molecule has 2 saturated heterocycles. The largest absolute Gasteiger partial charge is 0.376 e. The number of urea groups is 1. The number of hydrogen-bond acceptors (Lipinski definition) is 5. The van der Waals surface area contributed by atoms with Gasteiger partial charge in [-0.05, 0) is 31.4 Å². The lowest BCUT2D eigenvalue weighted by Gasteiger charge is -2.30. The number of nitrogens with one attached hydrogen (secondary N) is 1. The van der Waals surface area contributed by atoms with Crippen LogP contribution in [-0.4, -0.2) is 61.1 Å². The van der Waals surface area contributed by atoms with Gasteiger partial charge in [0.25, 0.3) is 0 Å². The summed E-state index contributed by atoms with van der Waals surface area (Å²) in [6.45, 7) is 1.11. The Balaban J connectivity index is 1.72. The third-order valence-electron chi connectivity index (χ3n) is 4.23. The summed E-state index contributed by atoms with van der Waals surface area (Å²) in [5.74, 6) is 0.613. The van der Waals surface area contributed by atoms with E-state index in [9.17, 15) is 13.2 Å². The Morgan fingerprint density at radius 1 is 1.39 bits per heavy atom. The molecule has 7 nitrogen and oxygen atoms in total. The monoisotopic (exact) mass is 339 g/mol. The van der Waals surface area contributed by atoms with Crippen LogP contribution in [0.15, 0.2) is 24.4 Å². The van der Waals surface area contributed by atoms with Crippen molar-refractivity contribution in [1.29, 1.82) is 0 Å². The van der Waals surface area contributed by atoms with Crippen molar-refractivity contribution >= 4 is 21.7 Å². The van der Waals surface area contributed by atoms with Crippen molar-refractivity contribution in [2.45, 2.75) is 31.4 Å². The SMILES string of the molecule is O=C(Nc1ccccn1)N(C[C@H]1CCCO1)[C@@H]1CCS(=O)(=O)C1. The molecule has 2 aliphatic heterocycles. The number of carbonyl (C=O) groups excluding carboxylic acids is 1. The van der Waals surface area contributed by atoms with Crippen LogP contribution in [0.1, 0.15) is 19.3 Å². The summed E-state index contributed by atoms with van der Waals surface area (Å²) in [5, 5.41) is 2.75. The highest BCUT2D eigenvalue weighted by Crippen LogP contribution is 2.22. The normalized spacial score (nSPS) is 26.1. The first-order valence-electron chi connectivity index (χ1n) is 7.84. The molecule has 0 bridgehead atoms. The number of ether oxygens (including phenoxy) is 1. The van der Waals surface area contributed by atoms with Crippen molar-refractivity contribution < 1.29 is 17.9 Å². The molecule has 0 radical (unpaired) electrons. The summed E-state index contributed by atoms with van der Waals surface area (Å²) in [6.07, 6.45) is 3.92. The first-order valence-corrected chi connectivity index (χ1v) is 9.66. The van der Waals surface area contributed by atoms with Gasteiger partial charge < -0.3 is 9.64 Å². The van der Waals surface area contributed by atoms with Crippen LogP contribution in [0.5, 0.6) is 0 Å². The summed E-state index contributed by atoms with van der Waals surface area (Å²) >= 11 is 0. The van der Waals surface area contributed by atoms with E-state index in [2.05, 4.69) is 10.3 Å². The zero-order chi connectivity index (χ0) is 16.3. The molecule has 0 unspecified atom stereocenters. The van der Waals surface area contributed by atoms with Crippen molar-refractivity contribution in [3.05, 3.63) is 24.4 Å². The summed E-state index contributed by atoms with van der Waals surface area (Å²) < 4.78 is 29.1. The number of pyridine rings is 1. The van der Waals surface area contributed by atoms with Crippen molar-refractivity contribution in [2.75, 3.05) is 30.0 Å². The lowest BCUT2D eigenvalue weighted by Crippen LogP contribution is -2.47. The van der Waals surface area contributed by atoms with Gasteiger partial charge in [0.15, 0.2) is 9.84 Å². The minimum absolute atomic E-state index is 0.0206. The fourth-order valence-electron chi connectivity index (χ4n) is 3.04. The van der Waals surface area contributed by atoms with E-state index >= 15 is 0 Å². The number of amides is 2. The van der Waals surface area contributed by atoms with Crippen LogP contribution in [0.25, 0.3) is 0 Å². The van der Waals surface area contributed by atoms with E-state index in [4.69, 9.17) is 4.74 Å². The maximum Gasteiger partial charge on any atom is 0.323 e. The second-order valence-corrected chi connectivity index (χ2v) is 8.22. The highest BCUT2D eigenvalue weighted by molar-refractivity contribution is 7.91. The van der Waals surface area contributed by atoms with E-state index in [1.54, 1.807) is 29.3 Å². The Morgan fingerprint density at radius 3 is 2.87 bits per heavy atom.